The van der Waals surface area contributed by atoms with Crippen molar-refractivity contribution in [2.24, 2.45) is 0 Å². The molecule has 0 saturated carbocycles. The second-order valence-corrected chi connectivity index (χ2v) is 6.24. The fourth-order valence-electron chi connectivity index (χ4n) is 2.07. The number of benzene rings is 2. The maximum atomic E-state index is 12.9. The summed E-state index contributed by atoms with van der Waals surface area (Å²) in [6.07, 6.45) is -0.753. The van der Waals surface area contributed by atoms with Crippen molar-refractivity contribution >= 4 is 22.6 Å². The Hall–Kier alpha value is -2.80. The summed E-state index contributed by atoms with van der Waals surface area (Å²) in [5.41, 5.74) is 2.04. The first-order valence-electron chi connectivity index (χ1n) is 7.65. The summed E-state index contributed by atoms with van der Waals surface area (Å²) >= 11 is 1.10. The van der Waals surface area contributed by atoms with Gasteiger partial charge >= 0.3 is 0 Å². The SMILES string of the molecule is Cc1ccc(-c2nsc(NC(=O)[C@H](C)Oc3ccc(F)cc3)n2)cc1. The molecule has 0 unspecified atom stereocenters. The quantitative estimate of drug-likeness (QED) is 0.748. The zero-order chi connectivity index (χ0) is 17.8. The third-order valence-electron chi connectivity index (χ3n) is 3.46. The van der Waals surface area contributed by atoms with Crippen molar-refractivity contribution in [1.29, 1.82) is 0 Å². The molecule has 25 heavy (non-hydrogen) atoms. The number of amides is 1. The van der Waals surface area contributed by atoms with Crippen LogP contribution in [0.4, 0.5) is 9.52 Å². The molecule has 1 aromatic heterocycles. The Kier molecular flexibility index (Phi) is 5.04. The maximum absolute atomic E-state index is 12.9. The monoisotopic (exact) mass is 357 g/mol. The van der Waals surface area contributed by atoms with E-state index in [2.05, 4.69) is 14.7 Å². The minimum absolute atomic E-state index is 0.351. The van der Waals surface area contributed by atoms with Crippen molar-refractivity contribution in [2.45, 2.75) is 20.0 Å². The van der Waals surface area contributed by atoms with Crippen LogP contribution in [-0.2, 0) is 4.79 Å². The van der Waals surface area contributed by atoms with E-state index in [1.165, 1.54) is 24.3 Å². The summed E-state index contributed by atoms with van der Waals surface area (Å²) in [6.45, 7) is 3.62. The van der Waals surface area contributed by atoms with Crippen molar-refractivity contribution in [3.05, 3.63) is 59.9 Å². The third-order valence-corrected chi connectivity index (χ3v) is 4.09. The van der Waals surface area contributed by atoms with Gasteiger partial charge in [-0.25, -0.2) is 4.39 Å². The van der Waals surface area contributed by atoms with Crippen molar-refractivity contribution in [3.8, 4) is 17.1 Å². The van der Waals surface area contributed by atoms with Crippen LogP contribution in [0, 0.1) is 12.7 Å². The number of halogens is 1. The molecule has 0 spiro atoms. The van der Waals surface area contributed by atoms with Gasteiger partial charge in [0.25, 0.3) is 5.91 Å². The average molecular weight is 357 g/mol. The van der Waals surface area contributed by atoms with Crippen LogP contribution in [0.2, 0.25) is 0 Å². The molecule has 0 radical (unpaired) electrons. The molecule has 0 fully saturated rings. The summed E-state index contributed by atoms with van der Waals surface area (Å²) in [5.74, 6) is 0.270. The van der Waals surface area contributed by atoms with Crippen LogP contribution in [0.1, 0.15) is 12.5 Å². The lowest BCUT2D eigenvalue weighted by atomic mass is 10.1. The minimum Gasteiger partial charge on any atom is -0.481 e. The van der Waals surface area contributed by atoms with Crippen molar-refractivity contribution in [1.82, 2.24) is 9.36 Å². The molecule has 2 aromatic carbocycles. The van der Waals surface area contributed by atoms with Crippen LogP contribution in [-0.4, -0.2) is 21.4 Å². The number of anilines is 1. The lowest BCUT2D eigenvalue weighted by Gasteiger charge is -2.13. The third kappa shape index (κ3) is 4.39. The lowest BCUT2D eigenvalue weighted by molar-refractivity contribution is -0.122. The number of ether oxygens (including phenoxy) is 1. The van der Waals surface area contributed by atoms with Gasteiger partial charge in [-0.3, -0.25) is 10.1 Å². The highest BCUT2D eigenvalue weighted by atomic mass is 32.1. The van der Waals surface area contributed by atoms with E-state index in [-0.39, 0.29) is 11.7 Å². The molecule has 0 aliphatic heterocycles. The molecule has 0 saturated heterocycles. The summed E-state index contributed by atoms with van der Waals surface area (Å²) in [7, 11) is 0. The summed E-state index contributed by atoms with van der Waals surface area (Å²) < 4.78 is 22.6. The zero-order valence-corrected chi connectivity index (χ0v) is 14.5. The van der Waals surface area contributed by atoms with Crippen molar-refractivity contribution in [2.75, 3.05) is 5.32 Å². The van der Waals surface area contributed by atoms with E-state index in [1.54, 1.807) is 6.92 Å². The van der Waals surface area contributed by atoms with Crippen LogP contribution in [0.15, 0.2) is 48.5 Å². The Morgan fingerprint density at radius 2 is 1.84 bits per heavy atom. The van der Waals surface area contributed by atoms with Gasteiger partial charge in [-0.2, -0.15) is 9.36 Å². The lowest BCUT2D eigenvalue weighted by Crippen LogP contribution is -2.30. The molecule has 1 N–H and O–H groups in total. The second kappa shape index (κ2) is 7.40. The van der Waals surface area contributed by atoms with Crippen molar-refractivity contribution < 1.29 is 13.9 Å². The first-order valence-corrected chi connectivity index (χ1v) is 8.42. The van der Waals surface area contributed by atoms with Crippen LogP contribution in [0.25, 0.3) is 11.4 Å². The number of hydrogen-bond acceptors (Lipinski definition) is 5. The first kappa shape index (κ1) is 17.0. The molecular formula is C18H16FN3O2S. The number of rotatable bonds is 5. The van der Waals surface area contributed by atoms with Gasteiger partial charge in [-0.15, -0.1) is 0 Å². The fourth-order valence-corrected chi connectivity index (χ4v) is 2.66. The smallest absolute Gasteiger partial charge is 0.266 e. The number of hydrogen-bond donors (Lipinski definition) is 1. The predicted octanol–water partition coefficient (Wildman–Crippen LogP) is 4.06. The molecule has 0 bridgehead atoms. The molecule has 0 aliphatic rings. The number of aromatic nitrogens is 2. The standard InChI is InChI=1S/C18H16FN3O2S/c1-11-3-5-13(6-4-11)16-20-18(25-22-16)21-17(23)12(2)24-15-9-7-14(19)8-10-15/h3-10,12H,1-2H3,(H,20,21,22,23)/t12-/m0/s1. The number of aryl methyl sites for hydroxylation is 1. The van der Waals surface area contributed by atoms with Gasteiger partial charge in [0.1, 0.15) is 11.6 Å². The second-order valence-electron chi connectivity index (χ2n) is 5.49. The van der Waals surface area contributed by atoms with Crippen LogP contribution < -0.4 is 10.1 Å². The summed E-state index contributed by atoms with van der Waals surface area (Å²) in [4.78, 5) is 16.5. The number of nitrogens with one attached hydrogen (secondary N) is 1. The van der Waals surface area contributed by atoms with Crippen LogP contribution in [0.3, 0.4) is 0 Å². The Balaban J connectivity index is 1.62. The molecular weight excluding hydrogens is 341 g/mol. The number of carbonyl (C=O) groups is 1. The van der Waals surface area contributed by atoms with Crippen LogP contribution >= 0.6 is 11.5 Å². The van der Waals surface area contributed by atoms with E-state index in [9.17, 15) is 9.18 Å². The van der Waals surface area contributed by atoms with E-state index in [4.69, 9.17) is 4.74 Å². The molecule has 0 aliphatic carbocycles. The van der Waals surface area contributed by atoms with Crippen LogP contribution in [0.5, 0.6) is 5.75 Å². The van der Waals surface area contributed by atoms with Gasteiger partial charge < -0.3 is 4.74 Å². The van der Waals surface area contributed by atoms with Gasteiger partial charge in [-0.1, -0.05) is 29.8 Å². The first-order chi connectivity index (χ1) is 12.0. The average Bonchev–Trinajstić information content (AvgIpc) is 3.06. The predicted molar refractivity (Wildman–Crippen MR) is 95.2 cm³/mol. The largest absolute Gasteiger partial charge is 0.481 e. The molecule has 5 nitrogen and oxygen atoms in total. The summed E-state index contributed by atoms with van der Waals surface area (Å²) in [5, 5.41) is 3.08. The van der Waals surface area contributed by atoms with E-state index in [0.717, 1.165) is 22.7 Å². The Morgan fingerprint density at radius 1 is 1.16 bits per heavy atom. The van der Waals surface area contributed by atoms with Gasteiger partial charge in [0, 0.05) is 17.1 Å². The van der Waals surface area contributed by atoms with Gasteiger partial charge in [0.2, 0.25) is 5.13 Å². The normalized spacial score (nSPS) is 11.8. The van der Waals surface area contributed by atoms with Gasteiger partial charge in [0.15, 0.2) is 11.9 Å². The Labute approximate surface area is 148 Å². The Bertz CT molecular complexity index is 863. The molecule has 1 atom stereocenters. The highest BCUT2D eigenvalue weighted by Gasteiger charge is 2.17. The van der Waals surface area contributed by atoms with Crippen molar-refractivity contribution in [3.63, 3.8) is 0 Å². The maximum Gasteiger partial charge on any atom is 0.266 e. The molecule has 128 valence electrons. The summed E-state index contributed by atoms with van der Waals surface area (Å²) in [6, 6.07) is 13.3. The van der Waals surface area contributed by atoms with E-state index >= 15 is 0 Å². The minimum atomic E-state index is -0.753. The van der Waals surface area contributed by atoms with E-state index in [1.807, 2.05) is 31.2 Å². The van der Waals surface area contributed by atoms with Gasteiger partial charge in [0.05, 0.1) is 0 Å². The molecule has 3 aromatic rings. The topological polar surface area (TPSA) is 64.1 Å². The molecule has 7 heteroatoms. The van der Waals surface area contributed by atoms with Gasteiger partial charge in [-0.05, 0) is 38.1 Å². The van der Waals surface area contributed by atoms with E-state index in [0.29, 0.717) is 16.7 Å². The highest BCUT2D eigenvalue weighted by molar-refractivity contribution is 7.10. The Morgan fingerprint density at radius 3 is 2.52 bits per heavy atom. The molecule has 1 amide bonds. The number of nitrogens with zero attached hydrogens (tertiary/aromatic N) is 2. The highest BCUT2D eigenvalue weighted by Crippen LogP contribution is 2.22. The molecule has 1 heterocycles. The fraction of sp³-hybridized carbons (Fsp3) is 0.167. The molecule has 3 rings (SSSR count). The van der Waals surface area contributed by atoms with E-state index < -0.39 is 6.10 Å². The number of carbonyl (C=O) groups excluding carboxylic acids is 1. The zero-order valence-electron chi connectivity index (χ0n) is 13.7.